The van der Waals surface area contributed by atoms with E-state index in [1.807, 2.05) is 0 Å². The maximum absolute atomic E-state index is 12.0. The topological polar surface area (TPSA) is 79.3 Å². The van der Waals surface area contributed by atoms with E-state index in [9.17, 15) is 14.7 Å². The monoisotopic (exact) mass is 316 g/mol. The molecular formula is C13H14Cl2N2O3. The number of rotatable bonds is 4. The number of amides is 1. The van der Waals surface area contributed by atoms with Gasteiger partial charge in [0.1, 0.15) is 10.3 Å². The zero-order chi connectivity index (χ0) is 14.8. The van der Waals surface area contributed by atoms with Crippen LogP contribution in [0.3, 0.4) is 0 Å². The molecule has 0 aromatic carbocycles. The molecule has 2 rings (SSSR count). The van der Waals surface area contributed by atoms with Gasteiger partial charge in [0.2, 0.25) is 0 Å². The lowest BCUT2D eigenvalue weighted by Crippen LogP contribution is -2.41. The molecule has 1 aromatic heterocycles. The van der Waals surface area contributed by atoms with Crippen LogP contribution in [0.1, 0.15) is 36.0 Å². The quantitative estimate of drug-likeness (QED) is 0.837. The number of nitrogens with zero attached hydrogens (tertiary/aromatic N) is 1. The molecule has 1 saturated carbocycles. The summed E-state index contributed by atoms with van der Waals surface area (Å²) in [7, 11) is 0. The van der Waals surface area contributed by atoms with Gasteiger partial charge in [-0.25, -0.2) is 4.98 Å². The number of hydrogen-bond acceptors (Lipinski definition) is 3. The minimum absolute atomic E-state index is 0.110. The fraction of sp³-hybridized carbons (Fsp3) is 0.462. The van der Waals surface area contributed by atoms with Crippen molar-refractivity contribution in [1.29, 1.82) is 0 Å². The number of hydrogen-bond donors (Lipinski definition) is 2. The van der Waals surface area contributed by atoms with Gasteiger partial charge in [0.05, 0.1) is 5.41 Å². The van der Waals surface area contributed by atoms with Crippen molar-refractivity contribution >= 4 is 35.1 Å². The Morgan fingerprint density at radius 2 is 1.80 bits per heavy atom. The molecule has 1 amide bonds. The van der Waals surface area contributed by atoms with Crippen molar-refractivity contribution in [2.75, 3.05) is 6.54 Å². The SMILES string of the molecule is O=C(NCC1(C(=O)O)CCCC1)c1cc(Cl)nc(Cl)c1. The highest BCUT2D eigenvalue weighted by molar-refractivity contribution is 6.33. The average molecular weight is 317 g/mol. The van der Waals surface area contributed by atoms with Crippen LogP contribution in [0.4, 0.5) is 0 Å². The minimum atomic E-state index is -0.860. The standard InChI is InChI=1S/C13H14Cl2N2O3/c14-9-5-8(6-10(15)17-9)11(18)16-7-13(12(19)20)3-1-2-4-13/h5-6H,1-4,7H2,(H,16,18)(H,19,20). The van der Waals surface area contributed by atoms with E-state index >= 15 is 0 Å². The van der Waals surface area contributed by atoms with Gasteiger partial charge in [0, 0.05) is 12.1 Å². The van der Waals surface area contributed by atoms with E-state index in [1.54, 1.807) is 0 Å². The Balaban J connectivity index is 2.06. The zero-order valence-electron chi connectivity index (χ0n) is 10.7. The molecular weight excluding hydrogens is 303 g/mol. The summed E-state index contributed by atoms with van der Waals surface area (Å²) in [6.45, 7) is 0.110. The molecule has 20 heavy (non-hydrogen) atoms. The van der Waals surface area contributed by atoms with Gasteiger partial charge in [-0.3, -0.25) is 9.59 Å². The maximum Gasteiger partial charge on any atom is 0.311 e. The Morgan fingerprint density at radius 1 is 1.25 bits per heavy atom. The van der Waals surface area contributed by atoms with Crippen LogP contribution in [0.5, 0.6) is 0 Å². The second-order valence-electron chi connectivity index (χ2n) is 4.98. The van der Waals surface area contributed by atoms with E-state index < -0.39 is 17.3 Å². The van der Waals surface area contributed by atoms with Crippen LogP contribution >= 0.6 is 23.2 Å². The van der Waals surface area contributed by atoms with Crippen molar-refractivity contribution in [3.05, 3.63) is 28.0 Å². The van der Waals surface area contributed by atoms with E-state index in [4.69, 9.17) is 23.2 Å². The van der Waals surface area contributed by atoms with Crippen LogP contribution in [-0.4, -0.2) is 28.5 Å². The first-order valence-electron chi connectivity index (χ1n) is 6.28. The van der Waals surface area contributed by atoms with Gasteiger partial charge in [-0.15, -0.1) is 0 Å². The van der Waals surface area contributed by atoms with Gasteiger partial charge in [0.15, 0.2) is 0 Å². The summed E-state index contributed by atoms with van der Waals surface area (Å²) in [6.07, 6.45) is 2.91. The zero-order valence-corrected chi connectivity index (χ0v) is 12.2. The van der Waals surface area contributed by atoms with Crippen LogP contribution in [-0.2, 0) is 4.79 Å². The Kier molecular flexibility index (Phi) is 4.50. The van der Waals surface area contributed by atoms with Gasteiger partial charge in [0.25, 0.3) is 5.91 Å². The summed E-state index contributed by atoms with van der Waals surface area (Å²) >= 11 is 11.5. The van der Waals surface area contributed by atoms with E-state index in [0.717, 1.165) is 12.8 Å². The first-order valence-corrected chi connectivity index (χ1v) is 7.03. The molecule has 1 fully saturated rings. The Hall–Kier alpha value is -1.33. The average Bonchev–Trinajstić information content (AvgIpc) is 2.84. The Labute approximate surface area is 126 Å². The number of halogens is 2. The van der Waals surface area contributed by atoms with Gasteiger partial charge < -0.3 is 10.4 Å². The summed E-state index contributed by atoms with van der Waals surface area (Å²) in [5, 5.41) is 12.2. The number of carbonyl (C=O) groups excluding carboxylic acids is 1. The molecule has 108 valence electrons. The van der Waals surface area contributed by atoms with Gasteiger partial charge >= 0.3 is 5.97 Å². The van der Waals surface area contributed by atoms with Crippen molar-refractivity contribution < 1.29 is 14.7 Å². The third-order valence-corrected chi connectivity index (χ3v) is 4.01. The van der Waals surface area contributed by atoms with Crippen LogP contribution in [0, 0.1) is 5.41 Å². The number of pyridine rings is 1. The second-order valence-corrected chi connectivity index (χ2v) is 5.75. The van der Waals surface area contributed by atoms with Gasteiger partial charge in [-0.1, -0.05) is 36.0 Å². The molecule has 0 aliphatic heterocycles. The highest BCUT2D eigenvalue weighted by Crippen LogP contribution is 2.37. The molecule has 7 heteroatoms. The molecule has 1 aliphatic rings. The lowest BCUT2D eigenvalue weighted by Gasteiger charge is -2.23. The molecule has 0 radical (unpaired) electrons. The summed E-state index contributed by atoms with van der Waals surface area (Å²) < 4.78 is 0. The van der Waals surface area contributed by atoms with Crippen LogP contribution in [0.2, 0.25) is 10.3 Å². The third kappa shape index (κ3) is 3.22. The van der Waals surface area contributed by atoms with Gasteiger partial charge in [-0.2, -0.15) is 0 Å². The fourth-order valence-electron chi connectivity index (χ4n) is 2.47. The minimum Gasteiger partial charge on any atom is -0.481 e. The Bertz CT molecular complexity index is 522. The first kappa shape index (κ1) is 15.1. The second kappa shape index (κ2) is 5.97. The molecule has 1 aliphatic carbocycles. The maximum atomic E-state index is 12.0. The fourth-order valence-corrected chi connectivity index (χ4v) is 2.93. The number of carboxylic acid groups (broad SMARTS) is 1. The van der Waals surface area contributed by atoms with Crippen molar-refractivity contribution in [2.24, 2.45) is 5.41 Å². The number of aliphatic carboxylic acids is 1. The molecule has 0 unspecified atom stereocenters. The summed E-state index contributed by atoms with van der Waals surface area (Å²) in [5.41, 5.74) is -0.579. The number of aromatic nitrogens is 1. The number of carbonyl (C=O) groups is 2. The van der Waals surface area contributed by atoms with Crippen LogP contribution < -0.4 is 5.32 Å². The molecule has 1 heterocycles. The summed E-state index contributed by atoms with van der Waals surface area (Å²) in [6, 6.07) is 2.79. The first-order chi connectivity index (χ1) is 9.43. The van der Waals surface area contributed by atoms with Gasteiger partial charge in [-0.05, 0) is 25.0 Å². The summed E-state index contributed by atoms with van der Waals surface area (Å²) in [5.74, 6) is -1.26. The van der Waals surface area contributed by atoms with E-state index in [-0.39, 0.29) is 22.4 Å². The van der Waals surface area contributed by atoms with E-state index in [0.29, 0.717) is 12.8 Å². The van der Waals surface area contributed by atoms with E-state index in [2.05, 4.69) is 10.3 Å². The molecule has 0 saturated heterocycles. The smallest absolute Gasteiger partial charge is 0.311 e. The van der Waals surface area contributed by atoms with Crippen LogP contribution in [0.25, 0.3) is 0 Å². The lowest BCUT2D eigenvalue weighted by atomic mass is 9.86. The number of nitrogens with one attached hydrogen (secondary N) is 1. The predicted molar refractivity (Wildman–Crippen MR) is 75.1 cm³/mol. The van der Waals surface area contributed by atoms with Crippen LogP contribution in [0.15, 0.2) is 12.1 Å². The lowest BCUT2D eigenvalue weighted by molar-refractivity contribution is -0.148. The van der Waals surface area contributed by atoms with Crippen molar-refractivity contribution in [1.82, 2.24) is 10.3 Å². The molecule has 0 bridgehead atoms. The third-order valence-electron chi connectivity index (χ3n) is 3.63. The molecule has 0 atom stereocenters. The molecule has 5 nitrogen and oxygen atoms in total. The highest BCUT2D eigenvalue weighted by atomic mass is 35.5. The largest absolute Gasteiger partial charge is 0.481 e. The van der Waals surface area contributed by atoms with Crippen molar-refractivity contribution in [3.8, 4) is 0 Å². The molecule has 2 N–H and O–H groups in total. The van der Waals surface area contributed by atoms with E-state index in [1.165, 1.54) is 12.1 Å². The molecule has 1 aromatic rings. The predicted octanol–water partition coefficient (Wildman–Crippen LogP) is 2.76. The number of carboxylic acids is 1. The Morgan fingerprint density at radius 3 is 2.30 bits per heavy atom. The van der Waals surface area contributed by atoms with Crippen molar-refractivity contribution in [2.45, 2.75) is 25.7 Å². The highest BCUT2D eigenvalue weighted by Gasteiger charge is 2.41. The normalized spacial score (nSPS) is 16.9. The summed E-state index contributed by atoms with van der Waals surface area (Å²) in [4.78, 5) is 27.2. The van der Waals surface area contributed by atoms with Crippen molar-refractivity contribution in [3.63, 3.8) is 0 Å². The molecule has 0 spiro atoms.